The summed E-state index contributed by atoms with van der Waals surface area (Å²) in [6.07, 6.45) is 5.25. The minimum absolute atomic E-state index is 0.0608. The van der Waals surface area contributed by atoms with Gasteiger partial charge in [-0.05, 0) is 36.6 Å². The molecule has 0 saturated heterocycles. The number of carbonyl (C=O) groups is 2. The predicted octanol–water partition coefficient (Wildman–Crippen LogP) is 1.85. The Kier molecular flexibility index (Phi) is 4.53. The lowest BCUT2D eigenvalue weighted by atomic mass is 10.0. The molecule has 0 bridgehead atoms. The van der Waals surface area contributed by atoms with Gasteiger partial charge in [0.15, 0.2) is 0 Å². The molecular formula is C15H18N2O3. The zero-order valence-corrected chi connectivity index (χ0v) is 11.1. The minimum atomic E-state index is -1.00. The van der Waals surface area contributed by atoms with Crippen molar-refractivity contribution in [3.63, 3.8) is 0 Å². The van der Waals surface area contributed by atoms with Gasteiger partial charge >= 0.3 is 5.97 Å². The van der Waals surface area contributed by atoms with Gasteiger partial charge in [-0.3, -0.25) is 4.79 Å². The van der Waals surface area contributed by atoms with Crippen LogP contribution in [-0.4, -0.2) is 23.0 Å². The molecule has 0 heterocycles. The first kappa shape index (κ1) is 14.3. The first-order chi connectivity index (χ1) is 9.56. The normalized spacial score (nSPS) is 22.1. The van der Waals surface area contributed by atoms with E-state index in [0.29, 0.717) is 5.69 Å². The number of carbonyl (C=O) groups excluding carboxylic acids is 1. The van der Waals surface area contributed by atoms with Gasteiger partial charge in [0.25, 0.3) is 0 Å². The second-order valence-corrected chi connectivity index (χ2v) is 4.99. The lowest BCUT2D eigenvalue weighted by Crippen LogP contribution is -2.34. The van der Waals surface area contributed by atoms with Crippen molar-refractivity contribution in [3.8, 4) is 0 Å². The van der Waals surface area contributed by atoms with Crippen LogP contribution in [0.15, 0.2) is 30.3 Å². The summed E-state index contributed by atoms with van der Waals surface area (Å²) in [7, 11) is 0. The molecule has 1 amide bonds. The van der Waals surface area contributed by atoms with E-state index in [2.05, 4.69) is 5.32 Å². The van der Waals surface area contributed by atoms with Gasteiger partial charge in [-0.25, -0.2) is 4.79 Å². The quantitative estimate of drug-likeness (QED) is 0.730. The molecule has 2 atom stereocenters. The number of benzene rings is 1. The van der Waals surface area contributed by atoms with Crippen molar-refractivity contribution in [2.24, 2.45) is 11.7 Å². The van der Waals surface area contributed by atoms with E-state index < -0.39 is 5.97 Å². The molecule has 0 aliphatic heterocycles. The predicted molar refractivity (Wildman–Crippen MR) is 77.1 cm³/mol. The van der Waals surface area contributed by atoms with E-state index in [1.165, 1.54) is 6.08 Å². The molecule has 4 N–H and O–H groups in total. The van der Waals surface area contributed by atoms with Crippen LogP contribution in [0.25, 0.3) is 6.08 Å². The molecule has 0 spiro atoms. The van der Waals surface area contributed by atoms with Gasteiger partial charge in [0.05, 0.1) is 5.92 Å². The maximum atomic E-state index is 12.1. The first-order valence-electron chi connectivity index (χ1n) is 6.64. The Balaban J connectivity index is 2.04. The summed E-state index contributed by atoms with van der Waals surface area (Å²) < 4.78 is 0. The second kappa shape index (κ2) is 6.34. The van der Waals surface area contributed by atoms with Gasteiger partial charge in [-0.15, -0.1) is 0 Å². The van der Waals surface area contributed by atoms with E-state index in [9.17, 15) is 9.59 Å². The molecule has 5 heteroatoms. The Morgan fingerprint density at radius 3 is 2.80 bits per heavy atom. The van der Waals surface area contributed by atoms with Gasteiger partial charge in [0.2, 0.25) is 5.91 Å². The summed E-state index contributed by atoms with van der Waals surface area (Å²) in [6, 6.07) is 6.99. The van der Waals surface area contributed by atoms with E-state index >= 15 is 0 Å². The maximum absolute atomic E-state index is 12.1. The number of rotatable bonds is 4. The van der Waals surface area contributed by atoms with Crippen molar-refractivity contribution in [3.05, 3.63) is 35.9 Å². The third kappa shape index (κ3) is 3.68. The summed E-state index contributed by atoms with van der Waals surface area (Å²) in [5, 5.41) is 11.4. The molecule has 2 unspecified atom stereocenters. The fourth-order valence-electron chi connectivity index (χ4n) is 2.44. The Morgan fingerprint density at radius 2 is 2.15 bits per heavy atom. The number of hydrogen-bond donors (Lipinski definition) is 3. The molecule has 1 aliphatic rings. The lowest BCUT2D eigenvalue weighted by molar-refractivity contribution is -0.131. The highest BCUT2D eigenvalue weighted by atomic mass is 16.4. The average molecular weight is 274 g/mol. The van der Waals surface area contributed by atoms with Gasteiger partial charge in [0, 0.05) is 17.8 Å². The van der Waals surface area contributed by atoms with E-state index in [1.54, 1.807) is 24.3 Å². The van der Waals surface area contributed by atoms with Crippen LogP contribution < -0.4 is 11.1 Å². The van der Waals surface area contributed by atoms with Crippen LogP contribution in [0, 0.1) is 5.92 Å². The molecule has 1 saturated carbocycles. The zero-order chi connectivity index (χ0) is 14.5. The lowest BCUT2D eigenvalue weighted by Gasteiger charge is -2.15. The number of nitrogens with one attached hydrogen (secondary N) is 1. The number of carboxylic acid groups (broad SMARTS) is 1. The van der Waals surface area contributed by atoms with E-state index in [0.717, 1.165) is 30.9 Å². The SMILES string of the molecule is NC1CCCC1C(=O)Nc1cccc(/C=C/C(=O)O)c1. The van der Waals surface area contributed by atoms with Crippen molar-refractivity contribution in [2.45, 2.75) is 25.3 Å². The molecule has 0 radical (unpaired) electrons. The summed E-state index contributed by atoms with van der Waals surface area (Å²) >= 11 is 0. The highest BCUT2D eigenvalue weighted by molar-refractivity contribution is 5.93. The monoisotopic (exact) mass is 274 g/mol. The molecular weight excluding hydrogens is 256 g/mol. The summed E-state index contributed by atoms with van der Waals surface area (Å²) in [5.41, 5.74) is 7.28. The molecule has 20 heavy (non-hydrogen) atoms. The topological polar surface area (TPSA) is 92.4 Å². The van der Waals surface area contributed by atoms with E-state index in [4.69, 9.17) is 10.8 Å². The first-order valence-corrected chi connectivity index (χ1v) is 6.64. The van der Waals surface area contributed by atoms with Crippen molar-refractivity contribution in [2.75, 3.05) is 5.32 Å². The van der Waals surface area contributed by atoms with Crippen LogP contribution in [0.5, 0.6) is 0 Å². The fourth-order valence-corrected chi connectivity index (χ4v) is 2.44. The van der Waals surface area contributed by atoms with Crippen LogP contribution in [0.1, 0.15) is 24.8 Å². The van der Waals surface area contributed by atoms with Crippen LogP contribution in [-0.2, 0) is 9.59 Å². The van der Waals surface area contributed by atoms with E-state index in [1.807, 2.05) is 0 Å². The Labute approximate surface area is 117 Å². The van der Waals surface area contributed by atoms with Gasteiger partial charge in [0.1, 0.15) is 0 Å². The van der Waals surface area contributed by atoms with Crippen LogP contribution >= 0.6 is 0 Å². The number of amides is 1. The van der Waals surface area contributed by atoms with Crippen LogP contribution in [0.2, 0.25) is 0 Å². The number of hydrogen-bond acceptors (Lipinski definition) is 3. The summed E-state index contributed by atoms with van der Waals surface area (Å²) in [5.74, 6) is -1.20. The van der Waals surface area contributed by atoms with Crippen molar-refractivity contribution < 1.29 is 14.7 Å². The Bertz CT molecular complexity index is 540. The smallest absolute Gasteiger partial charge is 0.328 e. The number of aliphatic carboxylic acids is 1. The summed E-state index contributed by atoms with van der Waals surface area (Å²) in [4.78, 5) is 22.6. The molecule has 1 aromatic carbocycles. The molecule has 1 aromatic rings. The van der Waals surface area contributed by atoms with Crippen LogP contribution in [0.4, 0.5) is 5.69 Å². The fraction of sp³-hybridized carbons (Fsp3) is 0.333. The second-order valence-electron chi connectivity index (χ2n) is 4.99. The molecule has 106 valence electrons. The van der Waals surface area contributed by atoms with Crippen molar-refractivity contribution in [1.29, 1.82) is 0 Å². The molecule has 1 aliphatic carbocycles. The number of anilines is 1. The Morgan fingerprint density at radius 1 is 1.35 bits per heavy atom. The van der Waals surface area contributed by atoms with Crippen molar-refractivity contribution >= 4 is 23.6 Å². The average Bonchev–Trinajstić information content (AvgIpc) is 2.83. The zero-order valence-electron chi connectivity index (χ0n) is 11.1. The van der Waals surface area contributed by atoms with Gasteiger partial charge < -0.3 is 16.2 Å². The molecule has 1 fully saturated rings. The maximum Gasteiger partial charge on any atom is 0.328 e. The van der Waals surface area contributed by atoms with Gasteiger partial charge in [-0.1, -0.05) is 18.6 Å². The standard InChI is InChI=1S/C15H18N2O3/c16-13-6-2-5-12(13)15(20)17-11-4-1-3-10(9-11)7-8-14(18)19/h1,3-4,7-9,12-13H,2,5-6,16H2,(H,17,20)(H,18,19)/b8-7+. The van der Waals surface area contributed by atoms with Crippen LogP contribution in [0.3, 0.4) is 0 Å². The summed E-state index contributed by atoms with van der Waals surface area (Å²) in [6.45, 7) is 0. The Hall–Kier alpha value is -2.14. The molecule has 0 aromatic heterocycles. The number of carboxylic acids is 1. The largest absolute Gasteiger partial charge is 0.478 e. The van der Waals surface area contributed by atoms with Crippen molar-refractivity contribution in [1.82, 2.24) is 0 Å². The third-order valence-corrected chi connectivity index (χ3v) is 3.48. The van der Waals surface area contributed by atoms with E-state index in [-0.39, 0.29) is 17.9 Å². The highest BCUT2D eigenvalue weighted by Gasteiger charge is 2.30. The third-order valence-electron chi connectivity index (χ3n) is 3.48. The number of nitrogens with two attached hydrogens (primary N) is 1. The highest BCUT2D eigenvalue weighted by Crippen LogP contribution is 2.25. The molecule has 2 rings (SSSR count). The molecule has 5 nitrogen and oxygen atoms in total. The van der Waals surface area contributed by atoms with Gasteiger partial charge in [-0.2, -0.15) is 0 Å². The minimum Gasteiger partial charge on any atom is -0.478 e.